The number of furan rings is 1. The zero-order valence-electron chi connectivity index (χ0n) is 9.88. The molecule has 18 heavy (non-hydrogen) atoms. The molecule has 0 aromatic carbocycles. The van der Waals surface area contributed by atoms with Gasteiger partial charge in [0.2, 0.25) is 0 Å². The van der Waals surface area contributed by atoms with Gasteiger partial charge >= 0.3 is 5.97 Å². The van der Waals surface area contributed by atoms with Crippen LogP contribution in [0.2, 0.25) is 0 Å². The van der Waals surface area contributed by atoms with Crippen molar-refractivity contribution in [3.63, 3.8) is 0 Å². The summed E-state index contributed by atoms with van der Waals surface area (Å²) in [5.74, 6) is -0.409. The van der Waals surface area contributed by atoms with Gasteiger partial charge < -0.3 is 19.9 Å². The highest BCUT2D eigenvalue weighted by molar-refractivity contribution is 7.97. The maximum Gasteiger partial charge on any atom is 0.326 e. The first-order chi connectivity index (χ1) is 8.58. The lowest BCUT2D eigenvalue weighted by Gasteiger charge is -2.11. The van der Waals surface area contributed by atoms with E-state index in [9.17, 15) is 9.59 Å². The van der Waals surface area contributed by atoms with Gasteiger partial charge in [-0.25, -0.2) is 4.79 Å². The Balaban J connectivity index is 2.64. The number of amides is 1. The molecule has 0 unspecified atom stereocenters. The van der Waals surface area contributed by atoms with Crippen LogP contribution in [-0.2, 0) is 10.5 Å². The molecule has 1 aromatic rings. The number of hydrogen-bond donors (Lipinski definition) is 3. The lowest BCUT2D eigenvalue weighted by Crippen LogP contribution is -2.41. The van der Waals surface area contributed by atoms with E-state index >= 15 is 0 Å². The number of thioether (sulfide) groups is 1. The second kappa shape index (κ2) is 7.07. The largest absolute Gasteiger partial charge is 0.480 e. The minimum absolute atomic E-state index is 0.0422. The molecule has 1 heterocycles. The SMILES string of the molecule is CSCc1ccc(C(=O)N[C@H](CCO)C(=O)O)o1. The van der Waals surface area contributed by atoms with Crippen LogP contribution in [0.15, 0.2) is 16.5 Å². The third kappa shape index (κ3) is 4.08. The van der Waals surface area contributed by atoms with Gasteiger partial charge in [0.1, 0.15) is 11.8 Å². The number of aliphatic carboxylic acids is 1. The van der Waals surface area contributed by atoms with E-state index in [0.29, 0.717) is 11.5 Å². The second-order valence-corrected chi connectivity index (χ2v) is 4.44. The Kier molecular flexibility index (Phi) is 5.73. The summed E-state index contributed by atoms with van der Waals surface area (Å²) in [6.07, 6.45) is 1.86. The number of carbonyl (C=O) groups is 2. The average molecular weight is 273 g/mol. The van der Waals surface area contributed by atoms with Crippen LogP contribution in [0.1, 0.15) is 22.7 Å². The molecule has 0 saturated carbocycles. The molecule has 0 saturated heterocycles. The van der Waals surface area contributed by atoms with Gasteiger partial charge in [-0.2, -0.15) is 11.8 Å². The summed E-state index contributed by atoms with van der Waals surface area (Å²) in [7, 11) is 0. The summed E-state index contributed by atoms with van der Waals surface area (Å²) in [4.78, 5) is 22.5. The Bertz CT molecular complexity index is 417. The number of aliphatic hydroxyl groups is 1. The van der Waals surface area contributed by atoms with Gasteiger partial charge in [0.25, 0.3) is 5.91 Å². The van der Waals surface area contributed by atoms with Gasteiger partial charge in [-0.1, -0.05) is 0 Å². The molecule has 0 spiro atoms. The molecule has 1 amide bonds. The van der Waals surface area contributed by atoms with Crippen molar-refractivity contribution in [2.45, 2.75) is 18.2 Å². The predicted molar refractivity (Wildman–Crippen MR) is 66.5 cm³/mol. The molecule has 6 nitrogen and oxygen atoms in total. The van der Waals surface area contributed by atoms with Gasteiger partial charge in [-0.3, -0.25) is 4.79 Å². The van der Waals surface area contributed by atoms with Crippen LogP contribution >= 0.6 is 11.8 Å². The lowest BCUT2D eigenvalue weighted by molar-refractivity contribution is -0.139. The van der Waals surface area contributed by atoms with E-state index < -0.39 is 17.9 Å². The molecule has 1 aromatic heterocycles. The molecule has 0 fully saturated rings. The van der Waals surface area contributed by atoms with E-state index in [0.717, 1.165) is 0 Å². The van der Waals surface area contributed by atoms with Crippen molar-refractivity contribution < 1.29 is 24.2 Å². The molecular formula is C11H15NO5S. The minimum atomic E-state index is -1.19. The Morgan fingerprint density at radius 3 is 2.78 bits per heavy atom. The molecular weight excluding hydrogens is 258 g/mol. The fourth-order valence-electron chi connectivity index (χ4n) is 1.34. The molecule has 0 radical (unpaired) electrons. The molecule has 0 aliphatic rings. The van der Waals surface area contributed by atoms with Crippen molar-refractivity contribution in [1.29, 1.82) is 0 Å². The van der Waals surface area contributed by atoms with Crippen LogP contribution < -0.4 is 5.32 Å². The highest BCUT2D eigenvalue weighted by Gasteiger charge is 2.21. The molecule has 3 N–H and O–H groups in total. The Morgan fingerprint density at radius 1 is 1.50 bits per heavy atom. The van der Waals surface area contributed by atoms with Crippen molar-refractivity contribution in [3.8, 4) is 0 Å². The lowest BCUT2D eigenvalue weighted by atomic mass is 10.2. The number of carboxylic acid groups (broad SMARTS) is 1. The highest BCUT2D eigenvalue weighted by Crippen LogP contribution is 2.13. The third-order valence-electron chi connectivity index (χ3n) is 2.19. The van der Waals surface area contributed by atoms with Crippen LogP contribution in [0, 0.1) is 0 Å². The summed E-state index contributed by atoms with van der Waals surface area (Å²) < 4.78 is 5.26. The van der Waals surface area contributed by atoms with Crippen LogP contribution in [0.5, 0.6) is 0 Å². The number of carboxylic acids is 1. The van der Waals surface area contributed by atoms with Crippen LogP contribution in [0.3, 0.4) is 0 Å². The molecule has 1 rings (SSSR count). The van der Waals surface area contributed by atoms with Gasteiger partial charge in [0.05, 0.1) is 5.75 Å². The number of rotatable bonds is 7. The molecule has 1 atom stereocenters. The van der Waals surface area contributed by atoms with E-state index in [1.807, 2.05) is 6.26 Å². The highest BCUT2D eigenvalue weighted by atomic mass is 32.2. The Hall–Kier alpha value is -1.47. The number of nitrogens with one attached hydrogen (secondary N) is 1. The summed E-state index contributed by atoms with van der Waals surface area (Å²) in [5.41, 5.74) is 0. The molecule has 0 aliphatic heterocycles. The monoisotopic (exact) mass is 273 g/mol. The second-order valence-electron chi connectivity index (χ2n) is 3.58. The van der Waals surface area contributed by atoms with Gasteiger partial charge in [-0.05, 0) is 18.4 Å². The smallest absolute Gasteiger partial charge is 0.326 e. The number of carbonyl (C=O) groups excluding carboxylic acids is 1. The van der Waals surface area contributed by atoms with Gasteiger partial charge in [0.15, 0.2) is 5.76 Å². The summed E-state index contributed by atoms with van der Waals surface area (Å²) in [6.45, 7) is -0.312. The average Bonchev–Trinajstić information content (AvgIpc) is 2.77. The van der Waals surface area contributed by atoms with Crippen molar-refractivity contribution in [1.82, 2.24) is 5.32 Å². The normalized spacial score (nSPS) is 12.1. The van der Waals surface area contributed by atoms with Gasteiger partial charge in [0, 0.05) is 13.0 Å². The van der Waals surface area contributed by atoms with E-state index in [1.54, 1.807) is 17.8 Å². The predicted octanol–water partition coefficient (Wildman–Crippen LogP) is 0.708. The van der Waals surface area contributed by atoms with E-state index in [4.69, 9.17) is 14.6 Å². The van der Waals surface area contributed by atoms with Crippen molar-refractivity contribution in [2.24, 2.45) is 0 Å². The van der Waals surface area contributed by atoms with E-state index in [-0.39, 0.29) is 18.8 Å². The number of aliphatic hydroxyl groups excluding tert-OH is 1. The first-order valence-corrected chi connectivity index (χ1v) is 6.70. The topological polar surface area (TPSA) is 99.8 Å². The summed E-state index contributed by atoms with van der Waals surface area (Å²) in [5, 5.41) is 19.8. The fourth-order valence-corrected chi connectivity index (χ4v) is 1.78. The zero-order valence-corrected chi connectivity index (χ0v) is 10.7. The Morgan fingerprint density at radius 2 is 2.22 bits per heavy atom. The zero-order chi connectivity index (χ0) is 13.5. The van der Waals surface area contributed by atoms with Crippen LogP contribution in [0.25, 0.3) is 0 Å². The first-order valence-electron chi connectivity index (χ1n) is 5.30. The fraction of sp³-hybridized carbons (Fsp3) is 0.455. The Labute approximate surface area is 108 Å². The quantitative estimate of drug-likeness (QED) is 0.676. The van der Waals surface area contributed by atoms with Crippen molar-refractivity contribution >= 4 is 23.6 Å². The maximum atomic E-state index is 11.7. The maximum absolute atomic E-state index is 11.7. The van der Waals surface area contributed by atoms with Crippen LogP contribution in [-0.4, -0.2) is 41.0 Å². The van der Waals surface area contributed by atoms with Crippen molar-refractivity contribution in [3.05, 3.63) is 23.7 Å². The summed E-state index contributed by atoms with van der Waals surface area (Å²) in [6, 6.07) is 2.06. The summed E-state index contributed by atoms with van der Waals surface area (Å²) >= 11 is 1.55. The molecule has 100 valence electrons. The number of hydrogen-bond acceptors (Lipinski definition) is 5. The standard InChI is InChI=1S/C11H15NO5S/c1-18-6-7-2-3-9(17-7)10(14)12-8(4-5-13)11(15)16/h2-3,8,13H,4-6H2,1H3,(H,12,14)(H,15,16)/t8-/m1/s1. The molecule has 0 bridgehead atoms. The van der Waals surface area contributed by atoms with Crippen molar-refractivity contribution in [2.75, 3.05) is 12.9 Å². The molecule has 0 aliphatic carbocycles. The van der Waals surface area contributed by atoms with Crippen LogP contribution in [0.4, 0.5) is 0 Å². The molecule has 7 heteroatoms. The first kappa shape index (κ1) is 14.6. The minimum Gasteiger partial charge on any atom is -0.480 e. The van der Waals surface area contributed by atoms with E-state index in [1.165, 1.54) is 6.07 Å². The van der Waals surface area contributed by atoms with E-state index in [2.05, 4.69) is 5.32 Å². The van der Waals surface area contributed by atoms with Gasteiger partial charge in [-0.15, -0.1) is 0 Å². The third-order valence-corrected chi connectivity index (χ3v) is 2.77.